The highest BCUT2D eigenvalue weighted by atomic mass is 19.1. The summed E-state index contributed by atoms with van der Waals surface area (Å²) in [6.07, 6.45) is 4.84. The molecule has 2 aromatic heterocycles. The molecule has 0 saturated heterocycles. The smallest absolute Gasteiger partial charge is 0.330 e. The summed E-state index contributed by atoms with van der Waals surface area (Å²) in [6.45, 7) is 1.88. The summed E-state index contributed by atoms with van der Waals surface area (Å²) < 4.78 is 17.4. The van der Waals surface area contributed by atoms with E-state index in [-0.39, 0.29) is 35.8 Å². The molecule has 0 unspecified atom stereocenters. The maximum atomic E-state index is 14.2. The highest BCUT2D eigenvalue weighted by Gasteiger charge is 2.26. The number of aromatic nitrogens is 4. The number of carbonyl (C=O) groups excluding carboxylic acids is 1. The number of anilines is 2. The van der Waals surface area contributed by atoms with E-state index in [9.17, 15) is 19.1 Å². The Bertz CT molecular complexity index is 1210. The number of carbonyl (C=O) groups is 1. The van der Waals surface area contributed by atoms with Crippen LogP contribution in [0.4, 0.5) is 16.0 Å². The molecule has 4 rings (SSSR count). The van der Waals surface area contributed by atoms with Gasteiger partial charge in [0, 0.05) is 25.4 Å². The molecule has 10 heteroatoms. The Morgan fingerprint density at radius 1 is 1.32 bits per heavy atom. The second-order valence-electron chi connectivity index (χ2n) is 8.11. The standard InChI is InChI=1S/C21H25FN6O3/c1-11-7-14(18(23)30)15(22)8-16(11)25-20-24-9-17-19(26-20)28(21(31)27(17)2)13-5-3-12(10-29)4-6-13/h7-9,12-13,29H,3-6,10H2,1-2H3,(H2,23,30)(H,24,25,26). The highest BCUT2D eigenvalue weighted by molar-refractivity contribution is 5.94. The second-order valence-corrected chi connectivity index (χ2v) is 8.11. The Balaban J connectivity index is 1.71. The van der Waals surface area contributed by atoms with Gasteiger partial charge in [0.15, 0.2) is 5.65 Å². The van der Waals surface area contributed by atoms with E-state index in [0.717, 1.165) is 25.7 Å². The SMILES string of the molecule is Cc1cc(C(N)=O)c(F)cc1Nc1ncc2c(n1)n(C1CCC(CO)CC1)c(=O)n2C. The number of aryl methyl sites for hydroxylation is 2. The Kier molecular flexibility index (Phi) is 5.48. The van der Waals surface area contributed by atoms with Gasteiger partial charge in [-0.1, -0.05) is 0 Å². The van der Waals surface area contributed by atoms with E-state index in [4.69, 9.17) is 5.73 Å². The third-order valence-electron chi connectivity index (χ3n) is 6.10. The van der Waals surface area contributed by atoms with Gasteiger partial charge in [0.05, 0.1) is 11.8 Å². The molecule has 2 heterocycles. The highest BCUT2D eigenvalue weighted by Crippen LogP contribution is 2.33. The summed E-state index contributed by atoms with van der Waals surface area (Å²) in [5.74, 6) is -1.09. The van der Waals surface area contributed by atoms with E-state index in [2.05, 4.69) is 15.3 Å². The fourth-order valence-corrected chi connectivity index (χ4v) is 4.24. The van der Waals surface area contributed by atoms with Crippen molar-refractivity contribution in [2.24, 2.45) is 18.7 Å². The van der Waals surface area contributed by atoms with E-state index in [1.165, 1.54) is 16.7 Å². The molecule has 31 heavy (non-hydrogen) atoms. The number of nitrogens with one attached hydrogen (secondary N) is 1. The number of primary amides is 1. The maximum absolute atomic E-state index is 14.2. The van der Waals surface area contributed by atoms with Crippen molar-refractivity contribution in [1.29, 1.82) is 0 Å². The van der Waals surface area contributed by atoms with E-state index in [1.54, 1.807) is 24.7 Å². The van der Waals surface area contributed by atoms with Gasteiger partial charge in [-0.05, 0) is 56.2 Å². The predicted molar refractivity (Wildman–Crippen MR) is 114 cm³/mol. The molecule has 164 valence electrons. The number of nitrogens with two attached hydrogens (primary N) is 1. The van der Waals surface area contributed by atoms with Gasteiger partial charge in [0.1, 0.15) is 11.3 Å². The van der Waals surface area contributed by atoms with Gasteiger partial charge in [0.2, 0.25) is 5.95 Å². The zero-order valence-electron chi connectivity index (χ0n) is 17.4. The molecular weight excluding hydrogens is 403 g/mol. The van der Waals surface area contributed by atoms with Crippen LogP contribution < -0.4 is 16.7 Å². The average Bonchev–Trinajstić information content (AvgIpc) is 3.00. The van der Waals surface area contributed by atoms with Crippen LogP contribution in [0.3, 0.4) is 0 Å². The van der Waals surface area contributed by atoms with Crippen molar-refractivity contribution in [2.45, 2.75) is 38.6 Å². The fraction of sp³-hybridized carbons (Fsp3) is 0.429. The van der Waals surface area contributed by atoms with Gasteiger partial charge in [0.25, 0.3) is 5.91 Å². The van der Waals surface area contributed by atoms with E-state index < -0.39 is 11.7 Å². The van der Waals surface area contributed by atoms with Gasteiger partial charge < -0.3 is 16.2 Å². The molecule has 9 nitrogen and oxygen atoms in total. The van der Waals surface area contributed by atoms with Gasteiger partial charge in [-0.3, -0.25) is 13.9 Å². The Morgan fingerprint density at radius 3 is 2.68 bits per heavy atom. The minimum absolute atomic E-state index is 0.00391. The van der Waals surface area contributed by atoms with Crippen molar-refractivity contribution < 1.29 is 14.3 Å². The first-order valence-electron chi connectivity index (χ1n) is 10.2. The first kappa shape index (κ1) is 21.0. The molecule has 0 atom stereocenters. The number of fused-ring (bicyclic) bond motifs is 1. The minimum Gasteiger partial charge on any atom is -0.396 e. The number of benzene rings is 1. The topological polar surface area (TPSA) is 128 Å². The summed E-state index contributed by atoms with van der Waals surface area (Å²) in [7, 11) is 1.68. The fourth-order valence-electron chi connectivity index (χ4n) is 4.24. The van der Waals surface area contributed by atoms with Gasteiger partial charge in [-0.15, -0.1) is 0 Å². The molecule has 1 aromatic carbocycles. The number of halogens is 1. The average molecular weight is 428 g/mol. The monoisotopic (exact) mass is 428 g/mol. The molecule has 3 aromatic rings. The third-order valence-corrected chi connectivity index (χ3v) is 6.10. The van der Waals surface area contributed by atoms with Crippen LogP contribution in [0.15, 0.2) is 23.1 Å². The van der Waals surface area contributed by atoms with Crippen LogP contribution in [0.5, 0.6) is 0 Å². The van der Waals surface area contributed by atoms with Gasteiger partial charge in [-0.2, -0.15) is 4.98 Å². The molecular formula is C21H25FN6O3. The maximum Gasteiger partial charge on any atom is 0.330 e. The van der Waals surface area contributed by atoms with Crippen LogP contribution in [-0.4, -0.2) is 36.7 Å². The number of hydrogen-bond acceptors (Lipinski definition) is 6. The summed E-state index contributed by atoms with van der Waals surface area (Å²) in [6, 6.07) is 2.55. The zero-order chi connectivity index (χ0) is 22.3. The second kappa shape index (κ2) is 8.10. The molecule has 0 aliphatic heterocycles. The minimum atomic E-state index is -0.839. The van der Waals surface area contributed by atoms with Crippen molar-refractivity contribution in [3.05, 3.63) is 45.8 Å². The van der Waals surface area contributed by atoms with Crippen molar-refractivity contribution in [3.8, 4) is 0 Å². The van der Waals surface area contributed by atoms with Crippen molar-refractivity contribution >= 4 is 28.7 Å². The third kappa shape index (κ3) is 3.78. The van der Waals surface area contributed by atoms with Crippen molar-refractivity contribution in [3.63, 3.8) is 0 Å². The zero-order valence-corrected chi connectivity index (χ0v) is 17.4. The molecule has 1 amide bonds. The molecule has 1 aliphatic carbocycles. The van der Waals surface area contributed by atoms with Crippen LogP contribution in [0.25, 0.3) is 11.2 Å². The molecule has 1 fully saturated rings. The van der Waals surface area contributed by atoms with Crippen LogP contribution >= 0.6 is 0 Å². The number of aliphatic hydroxyl groups is 1. The lowest BCUT2D eigenvalue weighted by Crippen LogP contribution is -2.29. The van der Waals surface area contributed by atoms with Crippen LogP contribution in [-0.2, 0) is 7.05 Å². The number of aliphatic hydroxyl groups excluding tert-OH is 1. The molecule has 4 N–H and O–H groups in total. The lowest BCUT2D eigenvalue weighted by Gasteiger charge is -2.27. The molecule has 0 radical (unpaired) electrons. The van der Waals surface area contributed by atoms with Gasteiger partial charge in [-0.25, -0.2) is 14.2 Å². The normalized spacial score (nSPS) is 19.0. The molecule has 1 saturated carbocycles. The van der Waals surface area contributed by atoms with Crippen LogP contribution in [0, 0.1) is 18.7 Å². The Labute approximate surface area is 177 Å². The first-order valence-corrected chi connectivity index (χ1v) is 10.2. The van der Waals surface area contributed by atoms with E-state index >= 15 is 0 Å². The summed E-state index contributed by atoms with van der Waals surface area (Å²) in [5.41, 5.74) is 6.96. The lowest BCUT2D eigenvalue weighted by atomic mass is 9.86. The van der Waals surface area contributed by atoms with E-state index in [0.29, 0.717) is 22.4 Å². The largest absolute Gasteiger partial charge is 0.396 e. The number of hydrogen-bond donors (Lipinski definition) is 3. The lowest BCUT2D eigenvalue weighted by molar-refractivity contribution is 0.0996. The number of rotatable bonds is 5. The van der Waals surface area contributed by atoms with Gasteiger partial charge >= 0.3 is 5.69 Å². The first-order chi connectivity index (χ1) is 14.8. The van der Waals surface area contributed by atoms with E-state index in [1.807, 2.05) is 0 Å². The quantitative estimate of drug-likeness (QED) is 0.571. The number of amides is 1. The Hall–Kier alpha value is -3.27. The van der Waals surface area contributed by atoms with Crippen molar-refractivity contribution in [1.82, 2.24) is 19.1 Å². The molecule has 0 bridgehead atoms. The predicted octanol–water partition coefficient (Wildman–Crippen LogP) is 2.14. The van der Waals surface area contributed by atoms with Crippen molar-refractivity contribution in [2.75, 3.05) is 11.9 Å². The molecule has 0 spiro atoms. The summed E-state index contributed by atoms with van der Waals surface area (Å²) in [4.78, 5) is 33.1. The number of imidazole rings is 1. The molecule has 1 aliphatic rings. The van der Waals surface area contributed by atoms with Crippen LogP contribution in [0.2, 0.25) is 0 Å². The summed E-state index contributed by atoms with van der Waals surface area (Å²) >= 11 is 0. The van der Waals surface area contributed by atoms with Crippen LogP contribution in [0.1, 0.15) is 47.6 Å². The Morgan fingerprint density at radius 2 is 2.03 bits per heavy atom. The number of nitrogens with zero attached hydrogens (tertiary/aromatic N) is 4. The summed E-state index contributed by atoms with van der Waals surface area (Å²) in [5, 5.41) is 12.4.